The average molecular weight is 286 g/mol. The Morgan fingerprint density at radius 1 is 0.941 bits per heavy atom. The summed E-state index contributed by atoms with van der Waals surface area (Å²) < 4.78 is 2.40. The number of hydrogen-bond acceptors (Lipinski definition) is 1. The van der Waals surface area contributed by atoms with Gasteiger partial charge in [0.1, 0.15) is 0 Å². The van der Waals surface area contributed by atoms with Crippen molar-refractivity contribution in [2.45, 2.75) is 0 Å². The Morgan fingerprint density at radius 2 is 1.53 bits per heavy atom. The fourth-order valence-corrected chi connectivity index (χ4v) is 2.80. The SMILES string of the molecule is C=C(C=Nc1ccccc1)[Se]c1ccccc1. The van der Waals surface area contributed by atoms with Gasteiger partial charge in [0.05, 0.1) is 0 Å². The topological polar surface area (TPSA) is 12.4 Å². The molecule has 0 radical (unpaired) electrons. The second kappa shape index (κ2) is 6.19. The van der Waals surface area contributed by atoms with Gasteiger partial charge in [-0.25, -0.2) is 0 Å². The predicted molar refractivity (Wildman–Crippen MR) is 75.6 cm³/mol. The van der Waals surface area contributed by atoms with E-state index in [-0.39, 0.29) is 15.0 Å². The van der Waals surface area contributed by atoms with Gasteiger partial charge in [-0.05, 0) is 0 Å². The maximum atomic E-state index is 4.39. The Morgan fingerprint density at radius 3 is 2.18 bits per heavy atom. The summed E-state index contributed by atoms with van der Waals surface area (Å²) in [5.41, 5.74) is 0.970. The molecule has 0 saturated carbocycles. The van der Waals surface area contributed by atoms with Crippen LogP contribution in [0.15, 0.2) is 76.7 Å². The molecule has 0 aromatic heterocycles. The molecule has 0 amide bonds. The number of aliphatic imine (C=N–C) groups is 1. The molecule has 0 aliphatic heterocycles. The van der Waals surface area contributed by atoms with E-state index in [4.69, 9.17) is 0 Å². The second-order valence-corrected chi connectivity index (χ2v) is 5.99. The molecule has 2 aromatic carbocycles. The molecule has 2 heteroatoms. The molecule has 0 saturated heterocycles. The summed E-state index contributed by atoms with van der Waals surface area (Å²) in [4.78, 5) is 4.39. The van der Waals surface area contributed by atoms with E-state index in [1.54, 1.807) is 0 Å². The molecular formula is C15H13NSe. The molecule has 1 nitrogen and oxygen atoms in total. The Bertz CT molecular complexity index is 503. The summed E-state index contributed by atoms with van der Waals surface area (Å²) in [6, 6.07) is 20.3. The molecule has 2 rings (SSSR count). The van der Waals surface area contributed by atoms with Crippen LogP contribution in [0, 0.1) is 0 Å². The third-order valence-corrected chi connectivity index (χ3v) is 3.94. The van der Waals surface area contributed by atoms with Crippen molar-refractivity contribution in [3.8, 4) is 0 Å². The van der Waals surface area contributed by atoms with Crippen LogP contribution in [-0.4, -0.2) is 21.2 Å². The Kier molecular flexibility index (Phi) is 4.31. The first kappa shape index (κ1) is 11.8. The van der Waals surface area contributed by atoms with E-state index in [1.807, 2.05) is 42.6 Å². The Labute approximate surface area is 108 Å². The predicted octanol–water partition coefficient (Wildman–Crippen LogP) is 2.93. The van der Waals surface area contributed by atoms with Gasteiger partial charge in [0.2, 0.25) is 0 Å². The molecule has 0 aliphatic carbocycles. The van der Waals surface area contributed by atoms with Gasteiger partial charge in [-0.15, -0.1) is 0 Å². The molecule has 0 unspecified atom stereocenters. The maximum absolute atomic E-state index is 4.39. The zero-order chi connectivity index (χ0) is 11.9. The van der Waals surface area contributed by atoms with Crippen LogP contribution in [0.2, 0.25) is 0 Å². The van der Waals surface area contributed by atoms with Crippen LogP contribution in [0.1, 0.15) is 0 Å². The molecule has 0 aliphatic rings. The molecule has 0 fully saturated rings. The zero-order valence-corrected chi connectivity index (χ0v) is 11.1. The number of para-hydroxylation sites is 1. The summed E-state index contributed by atoms with van der Waals surface area (Å²) >= 11 is 0.263. The third kappa shape index (κ3) is 4.03. The van der Waals surface area contributed by atoms with E-state index in [9.17, 15) is 0 Å². The van der Waals surface area contributed by atoms with Crippen LogP contribution in [0.4, 0.5) is 5.69 Å². The van der Waals surface area contributed by atoms with E-state index < -0.39 is 0 Å². The third-order valence-electron chi connectivity index (χ3n) is 2.11. The average Bonchev–Trinajstić information content (AvgIpc) is 2.39. The van der Waals surface area contributed by atoms with Crippen molar-refractivity contribution in [1.82, 2.24) is 0 Å². The summed E-state index contributed by atoms with van der Waals surface area (Å²) in [5.74, 6) is 0. The fraction of sp³-hybridized carbons (Fsp3) is 0. The molecule has 0 bridgehead atoms. The molecule has 0 N–H and O–H groups in total. The van der Waals surface area contributed by atoms with Crippen molar-refractivity contribution >= 4 is 31.3 Å². The first-order chi connectivity index (χ1) is 8.34. The van der Waals surface area contributed by atoms with E-state index in [1.165, 1.54) is 4.46 Å². The van der Waals surface area contributed by atoms with E-state index >= 15 is 0 Å². The van der Waals surface area contributed by atoms with Crippen LogP contribution in [-0.2, 0) is 0 Å². The monoisotopic (exact) mass is 287 g/mol. The molecule has 0 heterocycles. The van der Waals surface area contributed by atoms with E-state index in [0.29, 0.717) is 0 Å². The quantitative estimate of drug-likeness (QED) is 0.605. The molecular weight excluding hydrogens is 273 g/mol. The van der Waals surface area contributed by atoms with Crippen LogP contribution in [0.3, 0.4) is 0 Å². The molecule has 17 heavy (non-hydrogen) atoms. The van der Waals surface area contributed by atoms with Crippen LogP contribution < -0.4 is 4.46 Å². The van der Waals surface area contributed by atoms with Crippen LogP contribution in [0.5, 0.6) is 0 Å². The number of allylic oxidation sites excluding steroid dienone is 1. The normalized spacial score (nSPS) is 10.6. The summed E-state index contributed by atoms with van der Waals surface area (Å²) in [7, 11) is 0. The van der Waals surface area contributed by atoms with Gasteiger partial charge in [-0.1, -0.05) is 0 Å². The zero-order valence-electron chi connectivity index (χ0n) is 9.41. The van der Waals surface area contributed by atoms with Crippen molar-refractivity contribution < 1.29 is 0 Å². The first-order valence-electron chi connectivity index (χ1n) is 5.35. The molecule has 0 spiro atoms. The number of benzene rings is 2. The summed E-state index contributed by atoms with van der Waals surface area (Å²) in [6.07, 6.45) is 1.86. The first-order valence-corrected chi connectivity index (χ1v) is 7.07. The van der Waals surface area contributed by atoms with E-state index in [0.717, 1.165) is 10.2 Å². The van der Waals surface area contributed by atoms with Crippen molar-refractivity contribution in [3.63, 3.8) is 0 Å². The second-order valence-electron chi connectivity index (χ2n) is 3.48. The molecule has 2 aromatic rings. The summed E-state index contributed by atoms with van der Waals surface area (Å²) in [5, 5.41) is 0. The van der Waals surface area contributed by atoms with Gasteiger partial charge in [0.25, 0.3) is 0 Å². The fourth-order valence-electron chi connectivity index (χ4n) is 1.33. The van der Waals surface area contributed by atoms with E-state index in [2.05, 4.69) is 35.8 Å². The minimum atomic E-state index is 0.263. The summed E-state index contributed by atoms with van der Waals surface area (Å²) in [6.45, 7) is 4.04. The van der Waals surface area contributed by atoms with Gasteiger partial charge in [0, 0.05) is 0 Å². The van der Waals surface area contributed by atoms with Gasteiger partial charge in [-0.3, -0.25) is 0 Å². The Balaban J connectivity index is 1.96. The number of nitrogens with zero attached hydrogens (tertiary/aromatic N) is 1. The van der Waals surface area contributed by atoms with Gasteiger partial charge < -0.3 is 0 Å². The molecule has 84 valence electrons. The van der Waals surface area contributed by atoms with Crippen molar-refractivity contribution in [2.75, 3.05) is 0 Å². The van der Waals surface area contributed by atoms with Crippen molar-refractivity contribution in [3.05, 3.63) is 71.7 Å². The minimum absolute atomic E-state index is 0.263. The van der Waals surface area contributed by atoms with Crippen LogP contribution in [0.25, 0.3) is 0 Å². The van der Waals surface area contributed by atoms with Crippen molar-refractivity contribution in [1.29, 1.82) is 0 Å². The van der Waals surface area contributed by atoms with Gasteiger partial charge >= 0.3 is 108 Å². The van der Waals surface area contributed by atoms with Crippen molar-refractivity contribution in [2.24, 2.45) is 4.99 Å². The van der Waals surface area contributed by atoms with Gasteiger partial charge in [-0.2, -0.15) is 0 Å². The van der Waals surface area contributed by atoms with Crippen LogP contribution >= 0.6 is 0 Å². The molecule has 0 atom stereocenters. The Hall–Kier alpha value is -1.63. The number of hydrogen-bond donors (Lipinski definition) is 0. The van der Waals surface area contributed by atoms with Gasteiger partial charge in [0.15, 0.2) is 0 Å². The number of rotatable bonds is 4. The standard InChI is InChI=1S/C15H13NSe/c1-13(17-15-10-6-3-7-11-15)12-16-14-8-4-2-5-9-14/h2-12H,1H2.